The first-order valence-corrected chi connectivity index (χ1v) is 8.34. The maximum absolute atomic E-state index is 12.5. The van der Waals surface area contributed by atoms with Gasteiger partial charge in [-0.05, 0) is 44.8 Å². The van der Waals surface area contributed by atoms with Crippen molar-refractivity contribution in [1.29, 1.82) is 0 Å². The number of aromatic nitrogens is 2. The number of nitrogens with zero attached hydrogens (tertiary/aromatic N) is 3. The molecule has 3 saturated heterocycles. The van der Waals surface area contributed by atoms with Crippen LogP contribution in [0.15, 0.2) is 17.8 Å². The molecular formula is C15H18N4OS. The van der Waals surface area contributed by atoms with Crippen molar-refractivity contribution in [3.05, 3.63) is 23.5 Å². The van der Waals surface area contributed by atoms with Gasteiger partial charge in [-0.2, -0.15) is 0 Å². The van der Waals surface area contributed by atoms with E-state index in [0.717, 1.165) is 10.2 Å². The van der Waals surface area contributed by atoms with Gasteiger partial charge in [-0.15, -0.1) is 11.3 Å². The van der Waals surface area contributed by atoms with E-state index >= 15 is 0 Å². The smallest absolute Gasteiger partial charge is 0.270 e. The van der Waals surface area contributed by atoms with Crippen LogP contribution in [0.25, 0.3) is 10.2 Å². The Morgan fingerprint density at radius 1 is 1.38 bits per heavy atom. The highest BCUT2D eigenvalue weighted by Gasteiger charge is 2.40. The fourth-order valence-electron chi connectivity index (χ4n) is 3.66. The third-order valence-electron chi connectivity index (χ3n) is 4.93. The van der Waals surface area contributed by atoms with Gasteiger partial charge in [0.2, 0.25) is 0 Å². The molecule has 0 aliphatic carbocycles. The molecule has 21 heavy (non-hydrogen) atoms. The van der Waals surface area contributed by atoms with E-state index in [9.17, 15) is 4.79 Å². The van der Waals surface area contributed by atoms with Crippen LogP contribution >= 0.6 is 11.3 Å². The van der Waals surface area contributed by atoms with Crippen LogP contribution in [0.2, 0.25) is 0 Å². The lowest BCUT2D eigenvalue weighted by molar-refractivity contribution is 0.0216. The van der Waals surface area contributed by atoms with Crippen molar-refractivity contribution in [3.63, 3.8) is 0 Å². The summed E-state index contributed by atoms with van der Waals surface area (Å²) >= 11 is 1.54. The molecule has 1 N–H and O–H groups in total. The summed E-state index contributed by atoms with van der Waals surface area (Å²) in [6.45, 7) is 4.56. The van der Waals surface area contributed by atoms with E-state index in [-0.39, 0.29) is 11.9 Å². The van der Waals surface area contributed by atoms with E-state index in [1.54, 1.807) is 11.7 Å². The van der Waals surface area contributed by atoms with Gasteiger partial charge >= 0.3 is 0 Å². The summed E-state index contributed by atoms with van der Waals surface area (Å²) in [6.07, 6.45) is 4.06. The zero-order valence-corrected chi connectivity index (χ0v) is 12.8. The summed E-state index contributed by atoms with van der Waals surface area (Å²) < 4.78 is 1.01. The molecule has 0 radical (unpaired) electrons. The van der Waals surface area contributed by atoms with Gasteiger partial charge in [-0.25, -0.2) is 9.97 Å². The molecule has 2 aromatic rings. The molecule has 2 unspecified atom stereocenters. The molecule has 3 aliphatic rings. The van der Waals surface area contributed by atoms with Crippen molar-refractivity contribution < 1.29 is 4.79 Å². The Balaban J connectivity index is 1.54. The molecule has 5 nitrogen and oxygen atoms in total. The van der Waals surface area contributed by atoms with Crippen LogP contribution in [-0.4, -0.2) is 45.9 Å². The van der Waals surface area contributed by atoms with Crippen molar-refractivity contribution >= 4 is 27.5 Å². The van der Waals surface area contributed by atoms with E-state index in [2.05, 4.69) is 27.1 Å². The van der Waals surface area contributed by atoms with E-state index in [0.29, 0.717) is 17.7 Å². The van der Waals surface area contributed by atoms with Crippen molar-refractivity contribution in [2.75, 3.05) is 13.1 Å². The molecular weight excluding hydrogens is 284 g/mol. The predicted molar refractivity (Wildman–Crippen MR) is 82.4 cm³/mol. The highest BCUT2D eigenvalue weighted by atomic mass is 32.1. The first-order valence-electron chi connectivity index (χ1n) is 7.46. The number of piperidine rings is 3. The number of amides is 1. The summed E-state index contributed by atoms with van der Waals surface area (Å²) in [5.74, 6) is 0.553. The molecule has 1 amide bonds. The van der Waals surface area contributed by atoms with Gasteiger partial charge in [0.05, 0.1) is 21.9 Å². The molecule has 2 bridgehead atoms. The minimum Gasteiger partial charge on any atom is -0.346 e. The molecule has 3 fully saturated rings. The quantitative estimate of drug-likeness (QED) is 0.920. The Labute approximate surface area is 127 Å². The second kappa shape index (κ2) is 5.03. The maximum Gasteiger partial charge on any atom is 0.270 e. The Morgan fingerprint density at radius 2 is 2.19 bits per heavy atom. The number of hydrogen-bond acceptors (Lipinski definition) is 5. The Hall–Kier alpha value is -1.53. The van der Waals surface area contributed by atoms with E-state index < -0.39 is 0 Å². The lowest BCUT2D eigenvalue weighted by atomic mass is 9.79. The lowest BCUT2D eigenvalue weighted by Gasteiger charge is -2.49. The zero-order chi connectivity index (χ0) is 14.4. The fraction of sp³-hybridized carbons (Fsp3) is 0.533. The number of fused-ring (bicyclic) bond motifs is 4. The summed E-state index contributed by atoms with van der Waals surface area (Å²) in [6, 6.07) is 2.52. The van der Waals surface area contributed by atoms with Crippen LogP contribution in [0.4, 0.5) is 0 Å². The second-order valence-electron chi connectivity index (χ2n) is 6.00. The average molecular weight is 302 g/mol. The van der Waals surface area contributed by atoms with Crippen LogP contribution in [0.5, 0.6) is 0 Å². The molecule has 5 rings (SSSR count). The Kier molecular flexibility index (Phi) is 3.15. The fourth-order valence-corrected chi connectivity index (χ4v) is 4.34. The summed E-state index contributed by atoms with van der Waals surface area (Å²) in [7, 11) is 0. The minimum absolute atomic E-state index is 0.0594. The molecule has 0 spiro atoms. The minimum atomic E-state index is -0.0594. The van der Waals surface area contributed by atoms with Gasteiger partial charge in [0.1, 0.15) is 5.69 Å². The van der Waals surface area contributed by atoms with E-state index in [1.807, 2.05) is 6.07 Å². The molecule has 6 heteroatoms. The largest absolute Gasteiger partial charge is 0.346 e. The number of carbonyl (C=O) groups is 1. The first kappa shape index (κ1) is 13.2. The average Bonchev–Trinajstić information content (AvgIpc) is 2.98. The van der Waals surface area contributed by atoms with Crippen LogP contribution in [0.1, 0.15) is 30.3 Å². The van der Waals surface area contributed by atoms with Gasteiger partial charge in [0, 0.05) is 12.1 Å². The number of thiazole rings is 1. The Morgan fingerprint density at radius 3 is 2.95 bits per heavy atom. The lowest BCUT2D eigenvalue weighted by Crippen LogP contribution is -2.62. The summed E-state index contributed by atoms with van der Waals surface area (Å²) in [4.78, 5) is 23.4. The highest BCUT2D eigenvalue weighted by Crippen LogP contribution is 2.32. The van der Waals surface area contributed by atoms with Gasteiger partial charge in [0.15, 0.2) is 0 Å². The third kappa shape index (κ3) is 2.22. The topological polar surface area (TPSA) is 58.1 Å². The molecule has 3 aliphatic heterocycles. The number of pyridine rings is 1. The van der Waals surface area contributed by atoms with Crippen molar-refractivity contribution in [2.24, 2.45) is 5.92 Å². The molecule has 0 aromatic carbocycles. The van der Waals surface area contributed by atoms with Crippen LogP contribution in [0.3, 0.4) is 0 Å². The first-order chi connectivity index (χ1) is 10.2. The SMILES string of the molecule is CC1C(NC(=O)c2cc3scnc3cn2)C2CCN1CC2. The standard InChI is InChI=1S/C15H18N4OS/c1-9-14(10-2-4-19(9)5-3-10)18-15(20)11-6-13-12(7-16-11)17-8-21-13/h6-10,14H,2-5H2,1H3,(H,18,20). The van der Waals surface area contributed by atoms with Gasteiger partial charge in [-0.3, -0.25) is 9.69 Å². The van der Waals surface area contributed by atoms with Crippen LogP contribution in [0, 0.1) is 5.92 Å². The number of rotatable bonds is 2. The third-order valence-corrected chi connectivity index (χ3v) is 5.72. The molecule has 0 saturated carbocycles. The zero-order valence-electron chi connectivity index (χ0n) is 12.0. The van der Waals surface area contributed by atoms with Crippen molar-refractivity contribution in [3.8, 4) is 0 Å². The molecule has 2 aromatic heterocycles. The van der Waals surface area contributed by atoms with Gasteiger partial charge in [0.25, 0.3) is 5.91 Å². The van der Waals surface area contributed by atoms with Crippen LogP contribution in [-0.2, 0) is 0 Å². The molecule has 2 atom stereocenters. The van der Waals surface area contributed by atoms with E-state index in [4.69, 9.17) is 0 Å². The Bertz CT molecular complexity index is 675. The number of hydrogen-bond donors (Lipinski definition) is 1. The van der Waals surface area contributed by atoms with Crippen molar-refractivity contribution in [1.82, 2.24) is 20.2 Å². The number of nitrogens with one attached hydrogen (secondary N) is 1. The van der Waals surface area contributed by atoms with Gasteiger partial charge in [-0.1, -0.05) is 0 Å². The van der Waals surface area contributed by atoms with Gasteiger partial charge < -0.3 is 5.32 Å². The summed E-state index contributed by atoms with van der Waals surface area (Å²) in [5, 5.41) is 3.21. The highest BCUT2D eigenvalue weighted by molar-refractivity contribution is 7.16. The van der Waals surface area contributed by atoms with Crippen molar-refractivity contribution in [2.45, 2.75) is 31.8 Å². The van der Waals surface area contributed by atoms with Crippen LogP contribution < -0.4 is 5.32 Å². The maximum atomic E-state index is 12.5. The normalized spacial score (nSPS) is 31.5. The second-order valence-corrected chi connectivity index (χ2v) is 6.89. The molecule has 5 heterocycles. The predicted octanol–water partition coefficient (Wildman–Crippen LogP) is 1.90. The van der Waals surface area contributed by atoms with E-state index in [1.165, 1.54) is 37.3 Å². The summed E-state index contributed by atoms with van der Waals surface area (Å²) in [5.41, 5.74) is 3.13. The number of carbonyl (C=O) groups excluding carboxylic acids is 1. The molecule has 110 valence electrons. The monoisotopic (exact) mass is 302 g/mol.